The average Bonchev–Trinajstić information content (AvgIpc) is 1.95. The summed E-state index contributed by atoms with van der Waals surface area (Å²) in [5.41, 5.74) is -0.189. The summed E-state index contributed by atoms with van der Waals surface area (Å²) in [4.78, 5) is 0. The predicted octanol–water partition coefficient (Wildman–Crippen LogP) is 2.70. The molecule has 2 unspecified atom stereocenters. The third kappa shape index (κ3) is 3.33. The van der Waals surface area contributed by atoms with Crippen LogP contribution in [0, 0.1) is 0 Å². The third-order valence-corrected chi connectivity index (χ3v) is 5.34. The van der Waals surface area contributed by atoms with E-state index in [4.69, 9.17) is 4.74 Å². The number of hydrogen-bond acceptors (Lipinski definition) is 4. The minimum Gasteiger partial charge on any atom is -0.389 e. The van der Waals surface area contributed by atoms with Gasteiger partial charge in [-0.15, -0.1) is 0 Å². The molecule has 1 fully saturated rings. The molecule has 2 atom stereocenters. The summed E-state index contributed by atoms with van der Waals surface area (Å²) in [5, 5.41) is 9.91. The molecule has 1 rings (SSSR count). The second-order valence-corrected chi connectivity index (χ2v) is 8.18. The zero-order chi connectivity index (χ0) is 11.0. The van der Waals surface area contributed by atoms with E-state index >= 15 is 0 Å². The van der Waals surface area contributed by atoms with Crippen LogP contribution in [0.5, 0.6) is 0 Å². The lowest BCUT2D eigenvalue weighted by molar-refractivity contribution is -0.116. The number of ether oxygens (including phenoxy) is 1. The van der Waals surface area contributed by atoms with Crippen LogP contribution in [0.25, 0.3) is 0 Å². The van der Waals surface area contributed by atoms with Gasteiger partial charge in [-0.25, -0.2) is 0 Å². The van der Waals surface area contributed by atoms with Crippen molar-refractivity contribution in [1.82, 2.24) is 0 Å². The van der Waals surface area contributed by atoms with Gasteiger partial charge in [0.2, 0.25) is 0 Å². The lowest BCUT2D eigenvalue weighted by Crippen LogP contribution is -2.50. The molecule has 0 spiro atoms. The summed E-state index contributed by atoms with van der Waals surface area (Å²) in [6, 6.07) is 0. The summed E-state index contributed by atoms with van der Waals surface area (Å²) in [6.45, 7) is 10.3. The molecule has 1 heterocycles. The maximum atomic E-state index is 9.91. The smallest absolute Gasteiger partial charge is 0.0998 e. The Balaban J connectivity index is 2.71. The topological polar surface area (TPSA) is 29.5 Å². The number of aliphatic hydroxyl groups excluding tert-OH is 1. The summed E-state index contributed by atoms with van der Waals surface area (Å²) in [5.74, 6) is 0.759. The van der Waals surface area contributed by atoms with Gasteiger partial charge in [-0.3, -0.25) is 0 Å². The van der Waals surface area contributed by atoms with Gasteiger partial charge < -0.3 is 9.84 Å². The Kier molecular flexibility index (Phi) is 3.84. The Labute approximate surface area is 94.6 Å². The Morgan fingerprint density at radius 3 is 2.36 bits per heavy atom. The molecule has 0 bridgehead atoms. The summed E-state index contributed by atoms with van der Waals surface area (Å²) >= 11 is 0. The van der Waals surface area contributed by atoms with E-state index in [0.717, 1.165) is 5.75 Å². The molecule has 0 amide bonds. The average molecular weight is 236 g/mol. The Morgan fingerprint density at radius 1 is 1.36 bits per heavy atom. The van der Waals surface area contributed by atoms with Crippen molar-refractivity contribution in [1.29, 1.82) is 0 Å². The summed E-state index contributed by atoms with van der Waals surface area (Å²) in [6.07, 6.45) is -0.427. The molecule has 0 aromatic heterocycles. The van der Waals surface area contributed by atoms with Crippen molar-refractivity contribution < 1.29 is 9.84 Å². The van der Waals surface area contributed by atoms with Gasteiger partial charge in [-0.05, 0) is 34.6 Å². The SMILES string of the molecule is CC(C)(C)OC1C(O)CSSC1(C)C. The van der Waals surface area contributed by atoms with Crippen molar-refractivity contribution in [2.45, 2.75) is 57.2 Å². The maximum absolute atomic E-state index is 9.91. The van der Waals surface area contributed by atoms with Gasteiger partial charge in [0, 0.05) is 10.5 Å². The number of aliphatic hydroxyl groups is 1. The fourth-order valence-electron chi connectivity index (χ4n) is 1.46. The van der Waals surface area contributed by atoms with Crippen LogP contribution in [0.3, 0.4) is 0 Å². The molecule has 1 saturated heterocycles. The van der Waals surface area contributed by atoms with Gasteiger partial charge in [0.25, 0.3) is 0 Å². The monoisotopic (exact) mass is 236 g/mol. The van der Waals surface area contributed by atoms with Crippen LogP contribution in [0.4, 0.5) is 0 Å². The van der Waals surface area contributed by atoms with Crippen molar-refractivity contribution >= 4 is 21.6 Å². The van der Waals surface area contributed by atoms with Crippen molar-refractivity contribution in [2.75, 3.05) is 5.75 Å². The summed E-state index contributed by atoms with van der Waals surface area (Å²) < 4.78 is 5.90. The van der Waals surface area contributed by atoms with E-state index in [1.54, 1.807) is 21.6 Å². The number of hydrogen-bond donors (Lipinski definition) is 1. The van der Waals surface area contributed by atoms with Gasteiger partial charge >= 0.3 is 0 Å². The summed E-state index contributed by atoms with van der Waals surface area (Å²) in [7, 11) is 3.53. The quantitative estimate of drug-likeness (QED) is 0.709. The normalized spacial score (nSPS) is 33.0. The van der Waals surface area contributed by atoms with E-state index in [0.29, 0.717) is 0 Å². The largest absolute Gasteiger partial charge is 0.389 e. The highest BCUT2D eigenvalue weighted by Gasteiger charge is 2.42. The van der Waals surface area contributed by atoms with E-state index in [-0.39, 0.29) is 22.6 Å². The molecule has 1 aliphatic rings. The van der Waals surface area contributed by atoms with Gasteiger partial charge in [-0.2, -0.15) is 0 Å². The van der Waals surface area contributed by atoms with E-state index < -0.39 is 0 Å². The Hall–Kier alpha value is 0.620. The zero-order valence-corrected chi connectivity index (χ0v) is 11.2. The second kappa shape index (κ2) is 4.24. The first-order valence-electron chi connectivity index (χ1n) is 4.89. The minimum atomic E-state index is -0.351. The third-order valence-electron chi connectivity index (χ3n) is 2.03. The minimum absolute atomic E-state index is 0.0182. The molecule has 0 aromatic carbocycles. The van der Waals surface area contributed by atoms with E-state index in [1.807, 2.05) is 20.8 Å². The maximum Gasteiger partial charge on any atom is 0.0998 e. The van der Waals surface area contributed by atoms with Crippen LogP contribution < -0.4 is 0 Å². The fourth-order valence-corrected chi connectivity index (χ4v) is 4.26. The van der Waals surface area contributed by atoms with Crippen molar-refractivity contribution in [3.8, 4) is 0 Å². The van der Waals surface area contributed by atoms with Crippen LogP contribution in [0.2, 0.25) is 0 Å². The van der Waals surface area contributed by atoms with E-state index in [1.165, 1.54) is 0 Å². The molecule has 2 nitrogen and oxygen atoms in total. The zero-order valence-electron chi connectivity index (χ0n) is 9.53. The molecule has 0 aliphatic carbocycles. The molecular formula is C10H20O2S2. The van der Waals surface area contributed by atoms with Crippen LogP contribution in [-0.2, 0) is 4.74 Å². The molecular weight excluding hydrogens is 216 g/mol. The molecule has 0 saturated carbocycles. The fraction of sp³-hybridized carbons (Fsp3) is 1.00. The Morgan fingerprint density at radius 2 is 1.93 bits per heavy atom. The van der Waals surface area contributed by atoms with E-state index in [9.17, 15) is 5.11 Å². The lowest BCUT2D eigenvalue weighted by atomic mass is 10.00. The van der Waals surface area contributed by atoms with Crippen molar-refractivity contribution in [3.05, 3.63) is 0 Å². The Bertz CT molecular complexity index is 199. The van der Waals surface area contributed by atoms with Crippen molar-refractivity contribution in [3.63, 3.8) is 0 Å². The van der Waals surface area contributed by atoms with Crippen LogP contribution in [0.1, 0.15) is 34.6 Å². The second-order valence-electron chi connectivity index (χ2n) is 5.19. The van der Waals surface area contributed by atoms with Crippen LogP contribution >= 0.6 is 21.6 Å². The molecule has 14 heavy (non-hydrogen) atoms. The van der Waals surface area contributed by atoms with E-state index in [2.05, 4.69) is 13.8 Å². The first kappa shape index (κ1) is 12.7. The van der Waals surface area contributed by atoms with Gasteiger partial charge in [0.05, 0.1) is 17.8 Å². The van der Waals surface area contributed by atoms with Crippen LogP contribution in [0.15, 0.2) is 0 Å². The van der Waals surface area contributed by atoms with Crippen molar-refractivity contribution in [2.24, 2.45) is 0 Å². The van der Waals surface area contributed by atoms with Gasteiger partial charge in [-0.1, -0.05) is 21.6 Å². The van der Waals surface area contributed by atoms with Gasteiger partial charge in [0.15, 0.2) is 0 Å². The standard InChI is InChI=1S/C10H20O2S2/c1-9(2,3)12-8-7(11)6-13-14-10(8,4)5/h7-8,11H,6H2,1-5H3. The predicted molar refractivity (Wildman–Crippen MR) is 64.8 cm³/mol. The lowest BCUT2D eigenvalue weighted by Gasteiger charge is -2.43. The molecule has 0 aromatic rings. The first-order valence-corrected chi connectivity index (χ1v) is 7.21. The molecule has 1 aliphatic heterocycles. The van der Waals surface area contributed by atoms with Gasteiger partial charge in [0.1, 0.15) is 0 Å². The first-order chi connectivity index (χ1) is 6.22. The number of rotatable bonds is 1. The molecule has 1 N–H and O–H groups in total. The highest BCUT2D eigenvalue weighted by molar-refractivity contribution is 8.77. The highest BCUT2D eigenvalue weighted by Crippen LogP contribution is 2.46. The molecule has 84 valence electrons. The van der Waals surface area contributed by atoms with Crippen LogP contribution in [-0.4, -0.2) is 33.4 Å². The molecule has 0 radical (unpaired) electrons. The highest BCUT2D eigenvalue weighted by atomic mass is 33.1. The molecule has 4 heteroatoms.